The third kappa shape index (κ3) is 4.48. The number of hydrogen-bond acceptors (Lipinski definition) is 7. The summed E-state index contributed by atoms with van der Waals surface area (Å²) in [5.74, 6) is 2.03. The van der Waals surface area contributed by atoms with Crippen molar-refractivity contribution >= 4 is 17.4 Å². The van der Waals surface area contributed by atoms with E-state index >= 15 is 0 Å². The number of likely N-dealkylation sites (tertiary alicyclic amines) is 2. The van der Waals surface area contributed by atoms with E-state index in [-0.39, 0.29) is 5.91 Å². The normalized spacial score (nSPS) is 19.9. The Hall–Kier alpha value is -3.72. The highest BCUT2D eigenvalue weighted by atomic mass is 16.5. The molecule has 9 heteroatoms. The van der Waals surface area contributed by atoms with E-state index in [0.29, 0.717) is 18.6 Å². The first kappa shape index (κ1) is 23.7. The monoisotopic (exact) mass is 499 g/mol. The number of aryl methyl sites for hydroxylation is 2. The van der Waals surface area contributed by atoms with Crippen molar-refractivity contribution in [1.29, 1.82) is 0 Å². The Bertz CT molecular complexity index is 1340. The zero-order valence-corrected chi connectivity index (χ0v) is 21.5. The second kappa shape index (κ2) is 9.63. The summed E-state index contributed by atoms with van der Waals surface area (Å²) in [5.41, 5.74) is 6.05. The van der Waals surface area contributed by atoms with E-state index in [1.165, 1.54) is 6.08 Å². The van der Waals surface area contributed by atoms with Crippen LogP contribution in [0.25, 0.3) is 11.1 Å². The van der Waals surface area contributed by atoms with Crippen molar-refractivity contribution in [1.82, 2.24) is 29.5 Å². The number of carbonyl (C=O) groups is 1. The standard InChI is InChI=1S/C28H33N7O2/c1-4-26(36)35-12-8-21(16-35)34-10-6-19(7-11-34)24-13-25-27(18(2)31-24)37-17-23-22(5-9-29-28(23)32-25)20-14-30-33(3)15-20/h4-5,9,13-15,19,21H,1,6-8,10-12,16-17H2,2-3H3,(H,29,32)/t21-/m1/s1. The number of ether oxygens (including phenoxy) is 1. The van der Waals surface area contributed by atoms with Crippen molar-refractivity contribution in [3.05, 3.63) is 60.3 Å². The van der Waals surface area contributed by atoms with Gasteiger partial charge in [0, 0.05) is 61.3 Å². The molecule has 6 rings (SSSR count). The van der Waals surface area contributed by atoms with Crippen molar-refractivity contribution in [3.63, 3.8) is 0 Å². The molecule has 3 aromatic rings. The van der Waals surface area contributed by atoms with E-state index in [0.717, 1.165) is 90.8 Å². The van der Waals surface area contributed by atoms with Gasteiger partial charge in [-0.25, -0.2) is 4.98 Å². The average Bonchev–Trinajstić information content (AvgIpc) is 3.53. The number of fused-ring (bicyclic) bond motifs is 2. The molecule has 37 heavy (non-hydrogen) atoms. The minimum atomic E-state index is 0.0420. The molecular formula is C28H33N7O2. The number of nitrogens with one attached hydrogen (secondary N) is 1. The molecule has 0 radical (unpaired) electrons. The summed E-state index contributed by atoms with van der Waals surface area (Å²) in [4.78, 5) is 26.1. The van der Waals surface area contributed by atoms with Crippen LogP contribution < -0.4 is 10.1 Å². The number of carbonyl (C=O) groups excluding carboxylic acids is 1. The zero-order chi connectivity index (χ0) is 25.5. The molecule has 3 aliphatic rings. The summed E-state index contributed by atoms with van der Waals surface area (Å²) in [6.07, 6.45) is 10.3. The van der Waals surface area contributed by atoms with Gasteiger partial charge < -0.3 is 15.0 Å². The number of anilines is 2. The number of piperidine rings is 1. The Labute approximate surface area is 217 Å². The van der Waals surface area contributed by atoms with Crippen LogP contribution in [0.4, 0.5) is 11.5 Å². The van der Waals surface area contributed by atoms with Crippen LogP contribution in [0.15, 0.2) is 43.4 Å². The van der Waals surface area contributed by atoms with Crippen molar-refractivity contribution < 1.29 is 9.53 Å². The molecule has 0 aromatic carbocycles. The van der Waals surface area contributed by atoms with E-state index in [2.05, 4.69) is 32.9 Å². The Morgan fingerprint density at radius 3 is 2.84 bits per heavy atom. The van der Waals surface area contributed by atoms with Gasteiger partial charge in [0.25, 0.3) is 0 Å². The van der Waals surface area contributed by atoms with E-state index in [9.17, 15) is 4.79 Å². The summed E-state index contributed by atoms with van der Waals surface area (Å²) >= 11 is 0. The molecule has 9 nitrogen and oxygen atoms in total. The predicted molar refractivity (Wildman–Crippen MR) is 142 cm³/mol. The maximum atomic E-state index is 12.0. The van der Waals surface area contributed by atoms with Crippen LogP contribution in [0.5, 0.6) is 5.75 Å². The fourth-order valence-corrected chi connectivity index (χ4v) is 5.95. The lowest BCUT2D eigenvalue weighted by atomic mass is 9.91. The first-order valence-corrected chi connectivity index (χ1v) is 13.0. The number of nitrogens with zero attached hydrogens (tertiary/aromatic N) is 6. The second-order valence-electron chi connectivity index (χ2n) is 10.3. The van der Waals surface area contributed by atoms with Gasteiger partial charge >= 0.3 is 0 Å². The summed E-state index contributed by atoms with van der Waals surface area (Å²) < 4.78 is 8.10. The summed E-state index contributed by atoms with van der Waals surface area (Å²) in [6.45, 7) is 9.74. The van der Waals surface area contributed by atoms with Crippen molar-refractivity contribution in [2.24, 2.45) is 7.05 Å². The molecule has 1 atom stereocenters. The molecule has 1 amide bonds. The highest BCUT2D eigenvalue weighted by molar-refractivity contribution is 5.87. The number of amides is 1. The van der Waals surface area contributed by atoms with Crippen molar-refractivity contribution in [2.75, 3.05) is 31.5 Å². The largest absolute Gasteiger partial charge is 0.485 e. The Balaban J connectivity index is 1.19. The summed E-state index contributed by atoms with van der Waals surface area (Å²) in [7, 11) is 1.92. The molecule has 0 unspecified atom stereocenters. The summed E-state index contributed by atoms with van der Waals surface area (Å²) in [6, 6.07) is 4.60. The third-order valence-corrected chi connectivity index (χ3v) is 7.96. The lowest BCUT2D eigenvalue weighted by Gasteiger charge is -2.36. The van der Waals surface area contributed by atoms with Crippen molar-refractivity contribution in [3.8, 4) is 16.9 Å². The highest BCUT2D eigenvalue weighted by Crippen LogP contribution is 2.40. The minimum absolute atomic E-state index is 0.0420. The van der Waals surface area contributed by atoms with Gasteiger partial charge in [-0.2, -0.15) is 5.10 Å². The molecule has 6 heterocycles. The molecular weight excluding hydrogens is 466 g/mol. The van der Waals surface area contributed by atoms with Crippen LogP contribution in [0, 0.1) is 6.92 Å². The Morgan fingerprint density at radius 2 is 2.08 bits per heavy atom. The third-order valence-electron chi connectivity index (χ3n) is 7.96. The molecule has 192 valence electrons. The van der Waals surface area contributed by atoms with Gasteiger partial charge in [-0.15, -0.1) is 0 Å². The van der Waals surface area contributed by atoms with Crippen LogP contribution in [-0.4, -0.2) is 67.7 Å². The maximum Gasteiger partial charge on any atom is 0.246 e. The van der Waals surface area contributed by atoms with Gasteiger partial charge in [0.05, 0.1) is 17.6 Å². The molecule has 0 spiro atoms. The van der Waals surface area contributed by atoms with Gasteiger partial charge in [-0.05, 0) is 63.0 Å². The number of hydrogen-bond donors (Lipinski definition) is 1. The van der Waals surface area contributed by atoms with E-state index in [4.69, 9.17) is 9.72 Å². The lowest BCUT2D eigenvalue weighted by Crippen LogP contribution is -2.43. The molecule has 3 aliphatic heterocycles. The molecule has 0 aliphatic carbocycles. The fraction of sp³-hybridized carbons (Fsp3) is 0.429. The van der Waals surface area contributed by atoms with Gasteiger partial charge in [-0.3, -0.25) is 19.4 Å². The molecule has 0 bridgehead atoms. The number of pyridine rings is 2. The van der Waals surface area contributed by atoms with E-state index < -0.39 is 0 Å². The van der Waals surface area contributed by atoms with Crippen LogP contribution in [0.2, 0.25) is 0 Å². The van der Waals surface area contributed by atoms with Crippen LogP contribution in [0.1, 0.15) is 42.1 Å². The average molecular weight is 500 g/mol. The van der Waals surface area contributed by atoms with Gasteiger partial charge in [0.15, 0.2) is 5.75 Å². The number of rotatable bonds is 4. The van der Waals surface area contributed by atoms with E-state index in [1.807, 2.05) is 43.5 Å². The molecule has 2 saturated heterocycles. The van der Waals surface area contributed by atoms with E-state index in [1.54, 1.807) is 4.68 Å². The van der Waals surface area contributed by atoms with Gasteiger partial charge in [0.1, 0.15) is 12.4 Å². The summed E-state index contributed by atoms with van der Waals surface area (Å²) in [5, 5.41) is 7.88. The van der Waals surface area contributed by atoms with Crippen LogP contribution >= 0.6 is 0 Å². The van der Waals surface area contributed by atoms with Gasteiger partial charge in [0.2, 0.25) is 5.91 Å². The highest BCUT2D eigenvalue weighted by Gasteiger charge is 2.33. The molecule has 2 fully saturated rings. The smallest absolute Gasteiger partial charge is 0.246 e. The Kier molecular flexibility index (Phi) is 6.16. The lowest BCUT2D eigenvalue weighted by molar-refractivity contribution is -0.125. The second-order valence-corrected chi connectivity index (χ2v) is 10.3. The minimum Gasteiger partial charge on any atom is -0.485 e. The maximum absolute atomic E-state index is 12.0. The Morgan fingerprint density at radius 1 is 1.24 bits per heavy atom. The molecule has 1 N–H and O–H groups in total. The SMILES string of the molecule is C=CC(=O)N1CC[C@@H](N2CCC(c3cc4c(c(C)n3)OCc3c(-c5cnn(C)c5)ccnc3N4)CC2)C1. The fourth-order valence-electron chi connectivity index (χ4n) is 5.95. The first-order chi connectivity index (χ1) is 18.0. The van der Waals surface area contributed by atoms with Crippen LogP contribution in [0.3, 0.4) is 0 Å². The topological polar surface area (TPSA) is 88.4 Å². The first-order valence-electron chi connectivity index (χ1n) is 13.0. The van der Waals surface area contributed by atoms with Gasteiger partial charge in [-0.1, -0.05) is 6.58 Å². The predicted octanol–water partition coefficient (Wildman–Crippen LogP) is 3.79. The zero-order valence-electron chi connectivity index (χ0n) is 21.5. The number of aromatic nitrogens is 4. The molecule has 3 aromatic heterocycles. The molecule has 0 saturated carbocycles. The quantitative estimate of drug-likeness (QED) is 0.547. The van der Waals surface area contributed by atoms with Crippen molar-refractivity contribution in [2.45, 2.75) is 44.8 Å². The van der Waals surface area contributed by atoms with Crippen LogP contribution in [-0.2, 0) is 18.4 Å².